The molecule has 98 valence electrons. The molecule has 1 aromatic rings. The van der Waals surface area contributed by atoms with Crippen molar-refractivity contribution in [3.05, 3.63) is 15.6 Å². The second kappa shape index (κ2) is 4.93. The summed E-state index contributed by atoms with van der Waals surface area (Å²) in [5.74, 6) is -0.104. The van der Waals surface area contributed by atoms with Gasteiger partial charge in [-0.2, -0.15) is 0 Å². The van der Waals surface area contributed by atoms with Gasteiger partial charge in [0.2, 0.25) is 0 Å². The van der Waals surface area contributed by atoms with Gasteiger partial charge in [0.1, 0.15) is 4.88 Å². The van der Waals surface area contributed by atoms with Gasteiger partial charge >= 0.3 is 0 Å². The van der Waals surface area contributed by atoms with E-state index in [2.05, 4.69) is 10.3 Å². The van der Waals surface area contributed by atoms with Crippen LogP contribution in [0.4, 0.5) is 0 Å². The first kappa shape index (κ1) is 13.4. The predicted octanol–water partition coefficient (Wildman–Crippen LogP) is 2.09. The summed E-state index contributed by atoms with van der Waals surface area (Å²) < 4.78 is 0. The fourth-order valence-corrected chi connectivity index (χ4v) is 3.50. The lowest BCUT2D eigenvalue weighted by atomic mass is 9.97. The summed E-state index contributed by atoms with van der Waals surface area (Å²) in [5.41, 5.74) is 6.09. The van der Waals surface area contributed by atoms with Gasteiger partial charge in [-0.05, 0) is 26.7 Å². The topological polar surface area (TPSA) is 68.0 Å². The molecule has 0 spiro atoms. The molecular formula is C12H17N3OS2. The van der Waals surface area contributed by atoms with Gasteiger partial charge in [0.15, 0.2) is 0 Å². The van der Waals surface area contributed by atoms with E-state index in [0.29, 0.717) is 9.87 Å². The van der Waals surface area contributed by atoms with Crippen LogP contribution < -0.4 is 11.1 Å². The van der Waals surface area contributed by atoms with Crippen LogP contribution in [0.2, 0.25) is 0 Å². The number of thiazole rings is 1. The molecule has 1 saturated carbocycles. The minimum absolute atomic E-state index is 0.104. The minimum Gasteiger partial charge on any atom is -0.391 e. The van der Waals surface area contributed by atoms with Crippen LogP contribution in [0, 0.1) is 13.8 Å². The molecule has 1 aliphatic rings. The molecule has 0 radical (unpaired) electrons. The molecular weight excluding hydrogens is 266 g/mol. The molecule has 0 unspecified atom stereocenters. The van der Waals surface area contributed by atoms with Crippen LogP contribution in [0.5, 0.6) is 0 Å². The van der Waals surface area contributed by atoms with Crippen molar-refractivity contribution in [3.8, 4) is 0 Å². The van der Waals surface area contributed by atoms with Gasteiger partial charge < -0.3 is 11.1 Å². The van der Waals surface area contributed by atoms with E-state index in [1.165, 1.54) is 11.3 Å². The maximum atomic E-state index is 12.3. The van der Waals surface area contributed by atoms with Crippen LogP contribution in [-0.4, -0.2) is 21.4 Å². The van der Waals surface area contributed by atoms with E-state index in [0.717, 1.165) is 36.4 Å². The molecule has 0 atom stereocenters. The number of nitrogens with zero attached hydrogens (tertiary/aromatic N) is 1. The number of carbonyl (C=O) groups is 1. The Morgan fingerprint density at radius 1 is 1.44 bits per heavy atom. The van der Waals surface area contributed by atoms with Gasteiger partial charge in [-0.3, -0.25) is 4.79 Å². The average Bonchev–Trinajstić information content (AvgIpc) is 2.86. The maximum absolute atomic E-state index is 12.3. The molecule has 0 saturated heterocycles. The van der Waals surface area contributed by atoms with E-state index in [9.17, 15) is 4.79 Å². The van der Waals surface area contributed by atoms with E-state index < -0.39 is 5.54 Å². The second-order valence-corrected chi connectivity index (χ2v) is 6.40. The monoisotopic (exact) mass is 283 g/mol. The fraction of sp³-hybridized carbons (Fsp3) is 0.583. The van der Waals surface area contributed by atoms with Crippen molar-refractivity contribution in [3.63, 3.8) is 0 Å². The van der Waals surface area contributed by atoms with Crippen molar-refractivity contribution in [1.82, 2.24) is 10.3 Å². The largest absolute Gasteiger partial charge is 0.391 e. The Balaban J connectivity index is 2.20. The van der Waals surface area contributed by atoms with Crippen LogP contribution in [0.3, 0.4) is 0 Å². The van der Waals surface area contributed by atoms with Crippen molar-refractivity contribution in [2.75, 3.05) is 0 Å². The molecule has 1 amide bonds. The quantitative estimate of drug-likeness (QED) is 0.834. The first-order chi connectivity index (χ1) is 8.44. The molecule has 1 heterocycles. The molecule has 2 rings (SSSR count). The Labute approximate surface area is 116 Å². The summed E-state index contributed by atoms with van der Waals surface area (Å²) in [4.78, 5) is 17.6. The second-order valence-electron chi connectivity index (χ2n) is 4.76. The van der Waals surface area contributed by atoms with Gasteiger partial charge in [0.25, 0.3) is 5.91 Å². The summed E-state index contributed by atoms with van der Waals surface area (Å²) in [6.45, 7) is 3.74. The van der Waals surface area contributed by atoms with E-state index in [1.807, 2.05) is 13.8 Å². The lowest BCUT2D eigenvalue weighted by molar-refractivity contribution is 0.0928. The normalized spacial score (nSPS) is 17.7. The highest BCUT2D eigenvalue weighted by atomic mass is 32.1. The molecule has 0 bridgehead atoms. The van der Waals surface area contributed by atoms with E-state index in [-0.39, 0.29) is 5.91 Å². The predicted molar refractivity (Wildman–Crippen MR) is 77.0 cm³/mol. The third kappa shape index (κ3) is 2.40. The molecule has 0 aliphatic heterocycles. The third-order valence-electron chi connectivity index (χ3n) is 3.39. The van der Waals surface area contributed by atoms with Gasteiger partial charge in [0, 0.05) is 0 Å². The number of thiocarbonyl (C=S) groups is 1. The summed E-state index contributed by atoms with van der Waals surface area (Å²) in [6, 6.07) is 0. The van der Waals surface area contributed by atoms with Crippen molar-refractivity contribution in [2.45, 2.75) is 45.1 Å². The zero-order valence-electron chi connectivity index (χ0n) is 10.6. The van der Waals surface area contributed by atoms with E-state index >= 15 is 0 Å². The number of aryl methyl sites for hydroxylation is 2. The number of rotatable bonds is 3. The Bertz CT molecular complexity index is 490. The maximum Gasteiger partial charge on any atom is 0.264 e. The van der Waals surface area contributed by atoms with Gasteiger partial charge in [-0.1, -0.05) is 25.1 Å². The SMILES string of the molecule is Cc1nc(C)c(C(=O)NC2(C(N)=S)CCCC2)s1. The lowest BCUT2D eigenvalue weighted by Crippen LogP contribution is -2.54. The molecule has 6 heteroatoms. The smallest absolute Gasteiger partial charge is 0.264 e. The number of nitrogens with two attached hydrogens (primary N) is 1. The summed E-state index contributed by atoms with van der Waals surface area (Å²) in [5, 5.41) is 3.92. The highest BCUT2D eigenvalue weighted by Gasteiger charge is 2.38. The Hall–Kier alpha value is -1.01. The third-order valence-corrected chi connectivity index (χ3v) is 4.85. The van der Waals surface area contributed by atoms with Crippen LogP contribution >= 0.6 is 23.6 Å². The Morgan fingerprint density at radius 2 is 2.06 bits per heavy atom. The number of hydrogen-bond donors (Lipinski definition) is 2. The fourth-order valence-electron chi connectivity index (χ4n) is 2.43. The van der Waals surface area contributed by atoms with Crippen LogP contribution in [-0.2, 0) is 0 Å². The van der Waals surface area contributed by atoms with Crippen LogP contribution in [0.1, 0.15) is 46.1 Å². The van der Waals surface area contributed by atoms with Crippen LogP contribution in [0.15, 0.2) is 0 Å². The number of aromatic nitrogens is 1. The molecule has 1 fully saturated rings. The molecule has 1 aliphatic carbocycles. The number of amides is 1. The summed E-state index contributed by atoms with van der Waals surface area (Å²) in [7, 11) is 0. The van der Waals surface area contributed by atoms with E-state index in [1.54, 1.807) is 0 Å². The molecule has 3 N–H and O–H groups in total. The minimum atomic E-state index is -0.489. The van der Waals surface area contributed by atoms with Gasteiger partial charge in [0.05, 0.1) is 21.2 Å². The first-order valence-corrected chi connectivity index (χ1v) is 7.23. The van der Waals surface area contributed by atoms with Crippen molar-refractivity contribution >= 4 is 34.5 Å². The van der Waals surface area contributed by atoms with Crippen molar-refractivity contribution in [1.29, 1.82) is 0 Å². The lowest BCUT2D eigenvalue weighted by Gasteiger charge is -2.28. The zero-order valence-corrected chi connectivity index (χ0v) is 12.2. The summed E-state index contributed by atoms with van der Waals surface area (Å²) in [6.07, 6.45) is 3.78. The number of nitrogens with one attached hydrogen (secondary N) is 1. The van der Waals surface area contributed by atoms with Crippen molar-refractivity contribution in [2.24, 2.45) is 5.73 Å². The Kier molecular flexibility index (Phi) is 3.68. The highest BCUT2D eigenvalue weighted by molar-refractivity contribution is 7.80. The molecule has 0 aromatic carbocycles. The van der Waals surface area contributed by atoms with Gasteiger partial charge in [-0.25, -0.2) is 4.98 Å². The summed E-state index contributed by atoms with van der Waals surface area (Å²) >= 11 is 6.53. The van der Waals surface area contributed by atoms with Crippen LogP contribution in [0.25, 0.3) is 0 Å². The van der Waals surface area contributed by atoms with Crippen molar-refractivity contribution < 1.29 is 4.79 Å². The first-order valence-electron chi connectivity index (χ1n) is 6.01. The molecule has 4 nitrogen and oxygen atoms in total. The number of carbonyl (C=O) groups excluding carboxylic acids is 1. The standard InChI is InChI=1S/C12H17N3OS2/c1-7-9(18-8(2)14-7)10(16)15-12(11(13)17)5-3-4-6-12/h3-6H2,1-2H3,(H2,13,17)(H,15,16). The molecule has 1 aromatic heterocycles. The van der Waals surface area contributed by atoms with Gasteiger partial charge in [-0.15, -0.1) is 11.3 Å². The molecule has 18 heavy (non-hydrogen) atoms. The Morgan fingerprint density at radius 3 is 2.50 bits per heavy atom. The van der Waals surface area contributed by atoms with E-state index in [4.69, 9.17) is 18.0 Å². The zero-order chi connectivity index (χ0) is 13.3. The highest BCUT2D eigenvalue weighted by Crippen LogP contribution is 2.31. The number of hydrogen-bond acceptors (Lipinski definition) is 4. The average molecular weight is 283 g/mol.